The molecule has 0 bridgehead atoms. The van der Waals surface area contributed by atoms with Gasteiger partial charge in [-0.05, 0) is 12.8 Å². The molecule has 1 heterocycles. The number of nitrogens with zero attached hydrogens (tertiary/aromatic N) is 2. The summed E-state index contributed by atoms with van der Waals surface area (Å²) in [7, 11) is 1.97. The highest BCUT2D eigenvalue weighted by Crippen LogP contribution is 2.35. The molecular weight excluding hydrogens is 184 g/mol. The van der Waals surface area contributed by atoms with Gasteiger partial charge in [0.1, 0.15) is 0 Å². The predicted octanol–water partition coefficient (Wildman–Crippen LogP) is 2.82. The maximum absolute atomic E-state index is 5.87. The van der Waals surface area contributed by atoms with Gasteiger partial charge in [-0.1, -0.05) is 12.8 Å². The van der Waals surface area contributed by atoms with Crippen molar-refractivity contribution in [1.29, 1.82) is 0 Å². The van der Waals surface area contributed by atoms with E-state index in [2.05, 4.69) is 5.10 Å². The summed E-state index contributed by atoms with van der Waals surface area (Å²) in [5.41, 5.74) is 2.46. The predicted molar refractivity (Wildman–Crippen MR) is 54.0 cm³/mol. The molecule has 2 rings (SSSR count). The van der Waals surface area contributed by atoms with Gasteiger partial charge in [0.05, 0.1) is 11.6 Å². The van der Waals surface area contributed by atoms with Crippen LogP contribution in [0.1, 0.15) is 42.9 Å². The molecule has 0 N–H and O–H groups in total. The van der Waals surface area contributed by atoms with Crippen LogP contribution in [0.25, 0.3) is 0 Å². The van der Waals surface area contributed by atoms with Crippen LogP contribution in [-0.2, 0) is 12.9 Å². The van der Waals surface area contributed by atoms with Crippen LogP contribution < -0.4 is 0 Å². The molecule has 1 fully saturated rings. The van der Waals surface area contributed by atoms with Crippen molar-refractivity contribution < 1.29 is 0 Å². The van der Waals surface area contributed by atoms with Crippen molar-refractivity contribution in [3.8, 4) is 0 Å². The summed E-state index contributed by atoms with van der Waals surface area (Å²) in [6, 6.07) is 0. The number of rotatable bonds is 2. The van der Waals surface area contributed by atoms with E-state index in [9.17, 15) is 0 Å². The fourth-order valence-electron chi connectivity index (χ4n) is 2.20. The first-order valence-electron chi connectivity index (χ1n) is 4.89. The van der Waals surface area contributed by atoms with Crippen LogP contribution in [0, 0.1) is 0 Å². The van der Waals surface area contributed by atoms with Crippen molar-refractivity contribution in [2.45, 2.75) is 37.5 Å². The van der Waals surface area contributed by atoms with Crippen LogP contribution >= 0.6 is 11.6 Å². The van der Waals surface area contributed by atoms with Gasteiger partial charge >= 0.3 is 0 Å². The minimum Gasteiger partial charge on any atom is -0.275 e. The maximum atomic E-state index is 5.87. The van der Waals surface area contributed by atoms with Gasteiger partial charge in [0.15, 0.2) is 0 Å². The first-order valence-corrected chi connectivity index (χ1v) is 5.43. The summed E-state index contributed by atoms with van der Waals surface area (Å²) in [5.74, 6) is 1.27. The fourth-order valence-corrected chi connectivity index (χ4v) is 2.41. The minimum absolute atomic E-state index is 0.597. The molecule has 1 aliphatic carbocycles. The highest BCUT2D eigenvalue weighted by atomic mass is 35.5. The van der Waals surface area contributed by atoms with Gasteiger partial charge in [0.25, 0.3) is 0 Å². The highest BCUT2D eigenvalue weighted by Gasteiger charge is 2.22. The van der Waals surface area contributed by atoms with E-state index in [4.69, 9.17) is 11.6 Å². The van der Waals surface area contributed by atoms with Gasteiger partial charge in [-0.15, -0.1) is 11.6 Å². The van der Waals surface area contributed by atoms with Crippen molar-refractivity contribution in [2.75, 3.05) is 0 Å². The topological polar surface area (TPSA) is 17.8 Å². The lowest BCUT2D eigenvalue weighted by atomic mass is 10.0. The Hall–Kier alpha value is -0.500. The van der Waals surface area contributed by atoms with E-state index < -0.39 is 0 Å². The van der Waals surface area contributed by atoms with E-state index in [1.807, 2.05) is 17.9 Å². The van der Waals surface area contributed by atoms with Crippen LogP contribution in [0.4, 0.5) is 0 Å². The van der Waals surface area contributed by atoms with Crippen LogP contribution in [0.3, 0.4) is 0 Å². The molecule has 0 atom stereocenters. The molecule has 0 saturated heterocycles. The summed E-state index contributed by atoms with van der Waals surface area (Å²) in [5, 5.41) is 4.50. The van der Waals surface area contributed by atoms with Crippen molar-refractivity contribution in [3.63, 3.8) is 0 Å². The van der Waals surface area contributed by atoms with Crippen LogP contribution in [0.5, 0.6) is 0 Å². The monoisotopic (exact) mass is 198 g/mol. The Morgan fingerprint density at radius 1 is 1.54 bits per heavy atom. The molecule has 0 unspecified atom stereocenters. The zero-order valence-electron chi connectivity index (χ0n) is 7.96. The number of aryl methyl sites for hydroxylation is 1. The first-order chi connectivity index (χ1) is 6.31. The smallest absolute Gasteiger partial charge is 0.0699 e. The average Bonchev–Trinajstić information content (AvgIpc) is 2.71. The number of aromatic nitrogens is 2. The summed E-state index contributed by atoms with van der Waals surface area (Å²) in [6.45, 7) is 0. The van der Waals surface area contributed by atoms with Crippen LogP contribution in [0.2, 0.25) is 0 Å². The van der Waals surface area contributed by atoms with Crippen molar-refractivity contribution >= 4 is 11.6 Å². The number of alkyl halides is 1. The molecule has 72 valence electrons. The Labute approximate surface area is 83.9 Å². The zero-order chi connectivity index (χ0) is 9.26. The van der Waals surface area contributed by atoms with Gasteiger partial charge in [0.2, 0.25) is 0 Å². The van der Waals surface area contributed by atoms with Crippen LogP contribution in [-0.4, -0.2) is 9.78 Å². The standard InChI is InChI=1S/C10H15ClN2/c1-13-7-9(6-11)10(12-13)8-4-2-3-5-8/h7-8H,2-6H2,1H3. The fraction of sp³-hybridized carbons (Fsp3) is 0.700. The van der Waals surface area contributed by atoms with Crippen molar-refractivity contribution in [2.24, 2.45) is 7.05 Å². The Morgan fingerprint density at radius 2 is 2.23 bits per heavy atom. The molecular formula is C10H15ClN2. The molecule has 2 nitrogen and oxygen atoms in total. The Bertz CT molecular complexity index is 287. The SMILES string of the molecule is Cn1cc(CCl)c(C2CCCC2)n1. The number of hydrogen-bond acceptors (Lipinski definition) is 1. The molecule has 1 aromatic rings. The summed E-state index contributed by atoms with van der Waals surface area (Å²) < 4.78 is 1.88. The van der Waals surface area contributed by atoms with Gasteiger partial charge in [-0.25, -0.2) is 0 Å². The molecule has 1 aliphatic rings. The third-order valence-electron chi connectivity index (χ3n) is 2.82. The van der Waals surface area contributed by atoms with E-state index in [1.54, 1.807) is 0 Å². The lowest BCUT2D eigenvalue weighted by Gasteiger charge is -2.06. The van der Waals surface area contributed by atoms with E-state index in [0.29, 0.717) is 11.8 Å². The normalized spacial score (nSPS) is 18.3. The molecule has 1 saturated carbocycles. The summed E-state index contributed by atoms with van der Waals surface area (Å²) in [4.78, 5) is 0. The third-order valence-corrected chi connectivity index (χ3v) is 3.11. The number of hydrogen-bond donors (Lipinski definition) is 0. The molecule has 0 amide bonds. The molecule has 1 aromatic heterocycles. The van der Waals surface area contributed by atoms with E-state index in [0.717, 1.165) is 0 Å². The van der Waals surface area contributed by atoms with Gasteiger partial charge in [-0.2, -0.15) is 5.10 Å². The first kappa shape index (κ1) is 9.07. The summed E-state index contributed by atoms with van der Waals surface area (Å²) >= 11 is 5.87. The lowest BCUT2D eigenvalue weighted by Crippen LogP contribution is -1.97. The molecule has 0 radical (unpaired) electrons. The maximum Gasteiger partial charge on any atom is 0.0699 e. The Balaban J connectivity index is 2.26. The Morgan fingerprint density at radius 3 is 2.85 bits per heavy atom. The molecule has 0 aromatic carbocycles. The van der Waals surface area contributed by atoms with E-state index >= 15 is 0 Å². The van der Waals surface area contributed by atoms with E-state index in [1.165, 1.54) is 36.9 Å². The second kappa shape index (κ2) is 3.70. The largest absolute Gasteiger partial charge is 0.275 e. The average molecular weight is 199 g/mol. The lowest BCUT2D eigenvalue weighted by molar-refractivity contribution is 0.655. The molecule has 0 spiro atoms. The Kier molecular flexibility index (Phi) is 2.58. The van der Waals surface area contributed by atoms with E-state index in [-0.39, 0.29) is 0 Å². The second-order valence-electron chi connectivity index (χ2n) is 3.83. The highest BCUT2D eigenvalue weighted by molar-refractivity contribution is 6.17. The quantitative estimate of drug-likeness (QED) is 0.669. The van der Waals surface area contributed by atoms with Gasteiger partial charge < -0.3 is 0 Å². The molecule has 0 aliphatic heterocycles. The van der Waals surface area contributed by atoms with Crippen LogP contribution in [0.15, 0.2) is 6.20 Å². The third kappa shape index (κ3) is 1.73. The minimum atomic E-state index is 0.597. The summed E-state index contributed by atoms with van der Waals surface area (Å²) in [6.07, 6.45) is 7.33. The van der Waals surface area contributed by atoms with Crippen molar-refractivity contribution in [1.82, 2.24) is 9.78 Å². The zero-order valence-corrected chi connectivity index (χ0v) is 8.72. The molecule has 3 heteroatoms. The number of halogens is 1. The van der Waals surface area contributed by atoms with Crippen molar-refractivity contribution in [3.05, 3.63) is 17.5 Å². The van der Waals surface area contributed by atoms with Gasteiger partial charge in [-0.3, -0.25) is 4.68 Å². The van der Waals surface area contributed by atoms with Gasteiger partial charge in [0, 0.05) is 24.7 Å². The molecule has 13 heavy (non-hydrogen) atoms. The second-order valence-corrected chi connectivity index (χ2v) is 4.10.